The van der Waals surface area contributed by atoms with Crippen LogP contribution in [0.1, 0.15) is 12.0 Å². The van der Waals surface area contributed by atoms with Crippen molar-refractivity contribution in [2.24, 2.45) is 0 Å². The summed E-state index contributed by atoms with van der Waals surface area (Å²) in [5.74, 6) is -0.110. The first-order valence-electron chi connectivity index (χ1n) is 7.41. The molecule has 0 saturated heterocycles. The van der Waals surface area contributed by atoms with Gasteiger partial charge in [-0.25, -0.2) is 0 Å². The molecule has 0 aromatic heterocycles. The quantitative estimate of drug-likeness (QED) is 0.779. The van der Waals surface area contributed by atoms with Crippen molar-refractivity contribution < 1.29 is 19.1 Å². The molecule has 0 aliphatic rings. The van der Waals surface area contributed by atoms with Crippen LogP contribution in [0.4, 0.5) is 5.69 Å². The first-order valence-corrected chi connectivity index (χ1v) is 7.79. The lowest BCUT2D eigenvalue weighted by molar-refractivity contribution is -0.147. The first kappa shape index (κ1) is 17.8. The third-order valence-corrected chi connectivity index (χ3v) is 3.54. The maximum absolute atomic E-state index is 11.8. The van der Waals surface area contributed by atoms with Gasteiger partial charge in [-0.3, -0.25) is 9.59 Å². The van der Waals surface area contributed by atoms with E-state index in [0.29, 0.717) is 17.1 Å². The molecule has 0 aliphatic heterocycles. The van der Waals surface area contributed by atoms with Crippen LogP contribution in [0.2, 0.25) is 5.02 Å². The van der Waals surface area contributed by atoms with Crippen LogP contribution >= 0.6 is 11.6 Å². The van der Waals surface area contributed by atoms with E-state index in [1.807, 2.05) is 24.3 Å². The van der Waals surface area contributed by atoms with E-state index in [9.17, 15) is 9.59 Å². The van der Waals surface area contributed by atoms with E-state index in [1.165, 1.54) is 0 Å². The van der Waals surface area contributed by atoms with Crippen LogP contribution in [0.15, 0.2) is 48.5 Å². The molecule has 1 N–H and O–H groups in total. The Kier molecular flexibility index (Phi) is 6.63. The highest BCUT2D eigenvalue weighted by atomic mass is 35.5. The number of esters is 1. The topological polar surface area (TPSA) is 64.6 Å². The second-order valence-electron chi connectivity index (χ2n) is 5.03. The summed E-state index contributed by atoms with van der Waals surface area (Å²) in [6, 6.07) is 14.1. The monoisotopic (exact) mass is 347 g/mol. The van der Waals surface area contributed by atoms with Gasteiger partial charge >= 0.3 is 5.97 Å². The fourth-order valence-corrected chi connectivity index (χ4v) is 2.22. The van der Waals surface area contributed by atoms with Gasteiger partial charge in [0.2, 0.25) is 0 Å². The van der Waals surface area contributed by atoms with Gasteiger partial charge < -0.3 is 14.8 Å². The Morgan fingerprint density at radius 3 is 2.50 bits per heavy atom. The van der Waals surface area contributed by atoms with Gasteiger partial charge in [0.25, 0.3) is 5.91 Å². The molecule has 126 valence electrons. The molecule has 2 aromatic carbocycles. The number of methoxy groups -OCH3 is 1. The molecule has 2 rings (SSSR count). The average molecular weight is 348 g/mol. The SMILES string of the molecule is COc1ccccc1CCC(=O)OCC(=O)Nc1ccc(Cl)cc1. The Morgan fingerprint density at radius 1 is 1.08 bits per heavy atom. The summed E-state index contributed by atoms with van der Waals surface area (Å²) in [5, 5.41) is 3.20. The minimum Gasteiger partial charge on any atom is -0.496 e. The van der Waals surface area contributed by atoms with E-state index >= 15 is 0 Å². The van der Waals surface area contributed by atoms with Crippen LogP contribution in [0, 0.1) is 0 Å². The smallest absolute Gasteiger partial charge is 0.306 e. The number of anilines is 1. The lowest BCUT2D eigenvalue weighted by Gasteiger charge is -2.08. The lowest BCUT2D eigenvalue weighted by atomic mass is 10.1. The third kappa shape index (κ3) is 5.59. The van der Waals surface area contributed by atoms with E-state index in [2.05, 4.69) is 5.32 Å². The van der Waals surface area contributed by atoms with Crippen molar-refractivity contribution in [3.8, 4) is 5.75 Å². The highest BCUT2D eigenvalue weighted by Crippen LogP contribution is 2.19. The molecule has 2 aromatic rings. The van der Waals surface area contributed by atoms with Gasteiger partial charge in [-0.15, -0.1) is 0 Å². The number of nitrogens with one attached hydrogen (secondary N) is 1. The molecule has 0 aliphatic carbocycles. The second-order valence-corrected chi connectivity index (χ2v) is 5.46. The minimum atomic E-state index is -0.438. The summed E-state index contributed by atoms with van der Waals surface area (Å²) in [6.45, 7) is -0.326. The normalized spacial score (nSPS) is 10.1. The summed E-state index contributed by atoms with van der Waals surface area (Å²) < 4.78 is 10.2. The van der Waals surface area contributed by atoms with Gasteiger partial charge in [0, 0.05) is 17.1 Å². The fraction of sp³-hybridized carbons (Fsp3) is 0.222. The van der Waals surface area contributed by atoms with Crippen molar-refractivity contribution in [1.29, 1.82) is 0 Å². The van der Waals surface area contributed by atoms with Crippen molar-refractivity contribution in [3.05, 3.63) is 59.1 Å². The number of ether oxygens (including phenoxy) is 2. The number of carbonyl (C=O) groups excluding carboxylic acids is 2. The van der Waals surface area contributed by atoms with Gasteiger partial charge in [0.05, 0.1) is 7.11 Å². The van der Waals surface area contributed by atoms with Crippen molar-refractivity contribution in [1.82, 2.24) is 0 Å². The molecular weight excluding hydrogens is 330 g/mol. The zero-order chi connectivity index (χ0) is 17.4. The van der Waals surface area contributed by atoms with Crippen LogP contribution in [0.5, 0.6) is 5.75 Å². The van der Waals surface area contributed by atoms with Crippen LogP contribution in [0.3, 0.4) is 0 Å². The molecule has 0 fully saturated rings. The highest BCUT2D eigenvalue weighted by molar-refractivity contribution is 6.30. The van der Waals surface area contributed by atoms with Crippen molar-refractivity contribution >= 4 is 29.2 Å². The molecule has 24 heavy (non-hydrogen) atoms. The van der Waals surface area contributed by atoms with E-state index in [1.54, 1.807) is 31.4 Å². The van der Waals surface area contributed by atoms with Gasteiger partial charge in [-0.1, -0.05) is 29.8 Å². The zero-order valence-corrected chi connectivity index (χ0v) is 14.0. The van der Waals surface area contributed by atoms with Crippen molar-refractivity contribution in [2.45, 2.75) is 12.8 Å². The zero-order valence-electron chi connectivity index (χ0n) is 13.3. The number of carbonyl (C=O) groups is 2. The Bertz CT molecular complexity index is 700. The third-order valence-electron chi connectivity index (χ3n) is 3.28. The number of aryl methyl sites for hydroxylation is 1. The molecule has 0 radical (unpaired) electrons. The van der Waals surface area contributed by atoms with Crippen molar-refractivity contribution in [3.63, 3.8) is 0 Å². The van der Waals surface area contributed by atoms with Crippen LogP contribution in [-0.2, 0) is 20.7 Å². The fourth-order valence-electron chi connectivity index (χ4n) is 2.09. The van der Waals surface area contributed by atoms with Gasteiger partial charge in [0.15, 0.2) is 6.61 Å². The minimum absolute atomic E-state index is 0.175. The van der Waals surface area contributed by atoms with E-state index in [4.69, 9.17) is 21.1 Å². The highest BCUT2D eigenvalue weighted by Gasteiger charge is 2.10. The predicted molar refractivity (Wildman–Crippen MR) is 92.4 cm³/mol. The van der Waals surface area contributed by atoms with Gasteiger partial charge in [0.1, 0.15) is 5.75 Å². The molecule has 0 saturated carbocycles. The van der Waals surface area contributed by atoms with E-state index in [0.717, 1.165) is 11.3 Å². The molecule has 0 unspecified atom stereocenters. The maximum Gasteiger partial charge on any atom is 0.306 e. The standard InChI is InChI=1S/C18H18ClNO4/c1-23-16-5-3-2-4-13(16)6-11-18(22)24-12-17(21)20-15-9-7-14(19)8-10-15/h2-5,7-10H,6,11-12H2,1H3,(H,20,21). The number of halogens is 1. The maximum atomic E-state index is 11.8. The Morgan fingerprint density at radius 2 is 1.79 bits per heavy atom. The average Bonchev–Trinajstić information content (AvgIpc) is 2.60. The van der Waals surface area contributed by atoms with Crippen molar-refractivity contribution in [2.75, 3.05) is 19.0 Å². The van der Waals surface area contributed by atoms with Crippen LogP contribution in [0.25, 0.3) is 0 Å². The molecule has 0 heterocycles. The molecule has 1 amide bonds. The summed E-state index contributed by atoms with van der Waals surface area (Å²) in [7, 11) is 1.58. The molecular formula is C18H18ClNO4. The second kappa shape index (κ2) is 8.93. The molecule has 5 nitrogen and oxygen atoms in total. The first-order chi connectivity index (χ1) is 11.6. The Hall–Kier alpha value is -2.53. The predicted octanol–water partition coefficient (Wildman–Crippen LogP) is 3.46. The van der Waals surface area contributed by atoms with Crippen LogP contribution < -0.4 is 10.1 Å². The summed E-state index contributed by atoms with van der Waals surface area (Å²) in [6.07, 6.45) is 0.663. The molecule has 6 heteroatoms. The molecule has 0 spiro atoms. The Labute approximate surface area is 145 Å². The summed E-state index contributed by atoms with van der Waals surface area (Å²) >= 11 is 5.77. The number of rotatable bonds is 7. The largest absolute Gasteiger partial charge is 0.496 e. The Balaban J connectivity index is 1.74. The number of hydrogen-bond acceptors (Lipinski definition) is 4. The van der Waals surface area contributed by atoms with Crippen LogP contribution in [-0.4, -0.2) is 25.6 Å². The number of hydrogen-bond donors (Lipinski definition) is 1. The van der Waals surface area contributed by atoms with E-state index < -0.39 is 11.9 Å². The number of benzene rings is 2. The summed E-state index contributed by atoms with van der Waals surface area (Å²) in [4.78, 5) is 23.5. The molecule has 0 bridgehead atoms. The number of para-hydroxylation sites is 1. The van der Waals surface area contributed by atoms with Gasteiger partial charge in [-0.05, 0) is 42.3 Å². The van der Waals surface area contributed by atoms with E-state index in [-0.39, 0.29) is 13.0 Å². The molecule has 0 atom stereocenters. The summed E-state index contributed by atoms with van der Waals surface area (Å²) in [5.41, 5.74) is 1.51. The lowest BCUT2D eigenvalue weighted by Crippen LogP contribution is -2.21. The number of amides is 1. The van der Waals surface area contributed by atoms with Gasteiger partial charge in [-0.2, -0.15) is 0 Å².